The summed E-state index contributed by atoms with van der Waals surface area (Å²) in [4.78, 5) is 8.80. The van der Waals surface area contributed by atoms with Crippen LogP contribution in [0.1, 0.15) is 37.4 Å². The van der Waals surface area contributed by atoms with Crippen molar-refractivity contribution >= 4 is 11.8 Å². The van der Waals surface area contributed by atoms with E-state index in [-0.39, 0.29) is 17.9 Å². The molecule has 5 nitrogen and oxygen atoms in total. The third-order valence-corrected chi connectivity index (χ3v) is 6.58. The molecular weight excluding hydrogens is 432 g/mol. The number of hydrogen-bond donors (Lipinski definition) is 1. The minimum absolute atomic E-state index is 0.00154. The van der Waals surface area contributed by atoms with Gasteiger partial charge in [-0.1, -0.05) is 30.5 Å². The Labute approximate surface area is 189 Å². The summed E-state index contributed by atoms with van der Waals surface area (Å²) in [6.07, 6.45) is 8.64. The van der Waals surface area contributed by atoms with E-state index in [9.17, 15) is 8.78 Å². The van der Waals surface area contributed by atoms with E-state index in [1.54, 1.807) is 30.4 Å². The molecule has 2 unspecified atom stereocenters. The minimum atomic E-state index is -0.726. The van der Waals surface area contributed by atoms with Gasteiger partial charge in [-0.25, -0.2) is 13.8 Å². The maximum Gasteiger partial charge on any atom is 0.173 e. The topological polar surface area (TPSA) is 60.2 Å². The van der Waals surface area contributed by atoms with Crippen molar-refractivity contribution in [2.45, 2.75) is 43.2 Å². The highest BCUT2D eigenvalue weighted by atomic mass is 32.2. The molecule has 1 aliphatic rings. The summed E-state index contributed by atoms with van der Waals surface area (Å²) in [5.41, 5.74) is 1.41. The third-order valence-electron chi connectivity index (χ3n) is 5.32. The van der Waals surface area contributed by atoms with Gasteiger partial charge in [0.05, 0.1) is 29.3 Å². The van der Waals surface area contributed by atoms with Crippen molar-refractivity contribution in [2.24, 2.45) is 5.92 Å². The van der Waals surface area contributed by atoms with Gasteiger partial charge in [0.1, 0.15) is 19.0 Å². The first kappa shape index (κ1) is 22.3. The number of benzene rings is 1. The van der Waals surface area contributed by atoms with E-state index in [0.29, 0.717) is 16.9 Å². The lowest BCUT2D eigenvalue weighted by Crippen LogP contribution is -2.08. The van der Waals surface area contributed by atoms with Gasteiger partial charge in [-0.15, -0.1) is 0 Å². The zero-order valence-corrected chi connectivity index (χ0v) is 18.4. The zero-order chi connectivity index (χ0) is 22.5. The van der Waals surface area contributed by atoms with Gasteiger partial charge in [-0.05, 0) is 43.4 Å². The summed E-state index contributed by atoms with van der Waals surface area (Å²) in [5.74, 6) is 3.75. The second-order valence-electron chi connectivity index (χ2n) is 7.75. The average molecular weight is 456 g/mol. The first-order valence-corrected chi connectivity index (χ1v) is 11.3. The van der Waals surface area contributed by atoms with Crippen molar-refractivity contribution in [1.29, 1.82) is 0 Å². The lowest BCUT2D eigenvalue weighted by atomic mass is 10.1. The van der Waals surface area contributed by atoms with Crippen LogP contribution in [0.25, 0.3) is 5.69 Å². The number of thioether (sulfide) groups is 1. The SMILES string of the molecule is CC1CCC(Sc2ncc(COc3cc(F)c(C#CCO)cc3F)n2-c2cccnc2)C1. The normalized spacial score (nSPS) is 17.8. The maximum atomic E-state index is 14.4. The van der Waals surface area contributed by atoms with E-state index in [0.717, 1.165) is 35.8 Å². The molecule has 0 spiro atoms. The molecule has 166 valence electrons. The van der Waals surface area contributed by atoms with E-state index in [4.69, 9.17) is 9.84 Å². The first-order chi connectivity index (χ1) is 15.5. The predicted molar refractivity (Wildman–Crippen MR) is 119 cm³/mol. The first-order valence-electron chi connectivity index (χ1n) is 10.4. The molecule has 0 amide bonds. The molecule has 1 fully saturated rings. The van der Waals surface area contributed by atoms with E-state index >= 15 is 0 Å². The molecule has 8 heteroatoms. The van der Waals surface area contributed by atoms with Crippen LogP contribution in [0, 0.1) is 29.4 Å². The molecule has 1 aromatic carbocycles. The smallest absolute Gasteiger partial charge is 0.173 e. The van der Waals surface area contributed by atoms with E-state index in [1.807, 2.05) is 16.7 Å². The van der Waals surface area contributed by atoms with Crippen LogP contribution in [-0.4, -0.2) is 31.5 Å². The Kier molecular flexibility index (Phi) is 7.08. The van der Waals surface area contributed by atoms with Gasteiger partial charge < -0.3 is 9.84 Å². The summed E-state index contributed by atoms with van der Waals surface area (Å²) in [7, 11) is 0. The van der Waals surface area contributed by atoms with Gasteiger partial charge in [0, 0.05) is 17.5 Å². The van der Waals surface area contributed by atoms with Crippen molar-refractivity contribution in [3.8, 4) is 23.3 Å². The highest BCUT2D eigenvalue weighted by molar-refractivity contribution is 7.99. The van der Waals surface area contributed by atoms with Crippen LogP contribution >= 0.6 is 11.8 Å². The molecule has 2 aromatic heterocycles. The predicted octanol–water partition coefficient (Wildman–Crippen LogP) is 4.75. The fourth-order valence-corrected chi connectivity index (χ4v) is 5.17. The van der Waals surface area contributed by atoms with Crippen molar-refractivity contribution in [1.82, 2.24) is 14.5 Å². The summed E-state index contributed by atoms with van der Waals surface area (Å²) >= 11 is 1.73. The van der Waals surface area contributed by atoms with Crippen LogP contribution in [0.3, 0.4) is 0 Å². The molecule has 4 rings (SSSR count). The lowest BCUT2D eigenvalue weighted by Gasteiger charge is -2.15. The van der Waals surface area contributed by atoms with Crippen molar-refractivity contribution < 1.29 is 18.6 Å². The molecule has 0 aliphatic heterocycles. The summed E-state index contributed by atoms with van der Waals surface area (Å²) in [6, 6.07) is 5.70. The van der Waals surface area contributed by atoms with Gasteiger partial charge in [0.15, 0.2) is 16.7 Å². The Balaban J connectivity index is 1.58. The molecular formula is C24H23F2N3O2S. The average Bonchev–Trinajstić information content (AvgIpc) is 3.39. The van der Waals surface area contributed by atoms with Crippen LogP contribution in [0.4, 0.5) is 8.78 Å². The fraction of sp³-hybridized carbons (Fsp3) is 0.333. The van der Waals surface area contributed by atoms with Crippen LogP contribution in [0.2, 0.25) is 0 Å². The van der Waals surface area contributed by atoms with Gasteiger partial charge in [-0.2, -0.15) is 0 Å². The van der Waals surface area contributed by atoms with Crippen molar-refractivity contribution in [3.05, 3.63) is 65.7 Å². The molecule has 0 saturated heterocycles. The molecule has 0 bridgehead atoms. The number of hydrogen-bond acceptors (Lipinski definition) is 5. The van der Waals surface area contributed by atoms with Crippen LogP contribution in [-0.2, 0) is 6.61 Å². The summed E-state index contributed by atoms with van der Waals surface area (Å²) < 4.78 is 36.2. The Morgan fingerprint density at radius 3 is 2.84 bits per heavy atom. The number of aromatic nitrogens is 3. The third kappa shape index (κ3) is 5.12. The Hall–Kier alpha value is -2.89. The number of nitrogens with zero attached hydrogens (tertiary/aromatic N) is 3. The number of aliphatic hydroxyl groups excluding tert-OH is 1. The lowest BCUT2D eigenvalue weighted by molar-refractivity contribution is 0.281. The minimum Gasteiger partial charge on any atom is -0.484 e. The van der Waals surface area contributed by atoms with Crippen molar-refractivity contribution in [3.63, 3.8) is 0 Å². The van der Waals surface area contributed by atoms with Crippen LogP contribution in [0.5, 0.6) is 5.75 Å². The zero-order valence-electron chi connectivity index (χ0n) is 17.6. The molecule has 1 saturated carbocycles. The fourth-order valence-electron chi connectivity index (χ4n) is 3.75. The van der Waals surface area contributed by atoms with Crippen molar-refractivity contribution in [2.75, 3.05) is 6.61 Å². The maximum absolute atomic E-state index is 14.4. The van der Waals surface area contributed by atoms with E-state index < -0.39 is 18.2 Å². The molecule has 3 aromatic rings. The van der Waals surface area contributed by atoms with Crippen LogP contribution < -0.4 is 4.74 Å². The molecule has 0 radical (unpaired) electrons. The number of halogens is 2. The van der Waals surface area contributed by atoms with Gasteiger partial charge in [0.25, 0.3) is 0 Å². The van der Waals surface area contributed by atoms with Gasteiger partial charge in [-0.3, -0.25) is 9.55 Å². The summed E-state index contributed by atoms with van der Waals surface area (Å²) in [5, 5.41) is 10.1. The van der Waals surface area contributed by atoms with E-state index in [1.165, 1.54) is 6.42 Å². The highest BCUT2D eigenvalue weighted by Gasteiger charge is 2.25. The second kappa shape index (κ2) is 10.2. The Bertz CT molecular complexity index is 1140. The highest BCUT2D eigenvalue weighted by Crippen LogP contribution is 2.38. The van der Waals surface area contributed by atoms with Gasteiger partial charge >= 0.3 is 0 Å². The Morgan fingerprint density at radius 2 is 2.12 bits per heavy atom. The number of rotatable bonds is 6. The number of aliphatic hydroxyl groups is 1. The molecule has 1 N–H and O–H groups in total. The molecule has 2 heterocycles. The summed E-state index contributed by atoms with van der Waals surface area (Å²) in [6.45, 7) is 1.83. The number of pyridine rings is 1. The monoisotopic (exact) mass is 455 g/mol. The Morgan fingerprint density at radius 1 is 1.25 bits per heavy atom. The van der Waals surface area contributed by atoms with Crippen LogP contribution in [0.15, 0.2) is 48.0 Å². The molecule has 1 aliphatic carbocycles. The number of ether oxygens (including phenoxy) is 1. The van der Waals surface area contributed by atoms with E-state index in [2.05, 4.69) is 28.7 Å². The van der Waals surface area contributed by atoms with Gasteiger partial charge in [0.2, 0.25) is 0 Å². The molecule has 2 atom stereocenters. The quantitative estimate of drug-likeness (QED) is 0.544. The second-order valence-corrected chi connectivity index (χ2v) is 9.02. The number of imidazole rings is 1. The standard InChI is InChI=1S/C24H23F2N3O2S/c1-16-6-7-20(10-16)32-24-28-14-19(29(24)18-5-2-8-27-13-18)15-31-23-12-21(25)17(4-3-9-30)11-22(23)26/h2,5,8,11-14,16,20,30H,6-7,9-10,15H2,1H3. The molecule has 32 heavy (non-hydrogen) atoms. The largest absolute Gasteiger partial charge is 0.484 e.